The minimum atomic E-state index is -4.31. The molecule has 2 aromatic rings. The van der Waals surface area contributed by atoms with Crippen molar-refractivity contribution in [3.63, 3.8) is 0 Å². The van der Waals surface area contributed by atoms with Gasteiger partial charge in [0, 0.05) is 13.6 Å². The molecule has 2 aromatic heterocycles. The third-order valence-electron chi connectivity index (χ3n) is 4.36. The highest BCUT2D eigenvalue weighted by Gasteiger charge is 2.44. The predicted molar refractivity (Wildman–Crippen MR) is 82.9 cm³/mol. The number of aryl methyl sites for hydroxylation is 1. The monoisotopic (exact) mass is 355 g/mol. The molecule has 0 saturated carbocycles. The van der Waals surface area contributed by atoms with E-state index in [1.807, 2.05) is 0 Å². The first-order valence-corrected chi connectivity index (χ1v) is 7.68. The summed E-state index contributed by atoms with van der Waals surface area (Å²) in [6.45, 7) is -0.132. The quantitative estimate of drug-likeness (QED) is 0.817. The Morgan fingerprint density at radius 2 is 2.12 bits per heavy atom. The van der Waals surface area contributed by atoms with Gasteiger partial charge in [-0.3, -0.25) is 14.7 Å². The van der Waals surface area contributed by atoms with Crippen LogP contribution in [-0.4, -0.2) is 38.4 Å². The lowest BCUT2D eigenvalue weighted by Crippen LogP contribution is -2.39. The first kappa shape index (κ1) is 17.2. The van der Waals surface area contributed by atoms with Gasteiger partial charge < -0.3 is 9.88 Å². The van der Waals surface area contributed by atoms with Gasteiger partial charge in [0.1, 0.15) is 5.52 Å². The Kier molecular flexibility index (Phi) is 4.36. The fraction of sp³-hybridized carbons (Fsp3) is 0.467. The molecule has 25 heavy (non-hydrogen) atoms. The van der Waals surface area contributed by atoms with Crippen molar-refractivity contribution in [2.75, 3.05) is 6.54 Å². The number of carbonyl (C=O) groups is 1. The number of fused-ring (bicyclic) bond motifs is 1. The molecule has 0 unspecified atom stereocenters. The number of amides is 1. The maximum absolute atomic E-state index is 13.1. The molecule has 0 saturated heterocycles. The van der Waals surface area contributed by atoms with E-state index in [4.69, 9.17) is 0 Å². The van der Waals surface area contributed by atoms with Crippen LogP contribution in [0.4, 0.5) is 13.2 Å². The molecular formula is C15H16F3N5O2. The predicted octanol–water partition coefficient (Wildman–Crippen LogP) is 1.53. The minimum Gasteiger partial charge on any atom is -0.350 e. The second kappa shape index (κ2) is 6.34. The van der Waals surface area contributed by atoms with Gasteiger partial charge in [0.15, 0.2) is 11.2 Å². The summed E-state index contributed by atoms with van der Waals surface area (Å²) in [5, 5.41) is 8.71. The Bertz CT molecular complexity index is 883. The fourth-order valence-electron chi connectivity index (χ4n) is 2.95. The largest absolute Gasteiger partial charge is 0.392 e. The molecule has 0 aliphatic heterocycles. The molecule has 0 spiro atoms. The van der Waals surface area contributed by atoms with E-state index in [-0.39, 0.29) is 36.1 Å². The summed E-state index contributed by atoms with van der Waals surface area (Å²) in [6.07, 6.45) is 0.290. The standard InChI is InChI=1S/C15H16F3N5O2/c1-23-7-20-10-11(21-22-12(10)14(23)25)13(24)19-6-8-4-2-3-5-9(8)15(16,17)18/h2-3,7-9H,4-6H2,1H3,(H,19,24)(H,21,22)/t8-,9+/m0/s1. The Hall–Kier alpha value is -2.65. The van der Waals surface area contributed by atoms with Crippen LogP contribution >= 0.6 is 0 Å². The van der Waals surface area contributed by atoms with Gasteiger partial charge in [-0.1, -0.05) is 12.2 Å². The van der Waals surface area contributed by atoms with Gasteiger partial charge in [-0.05, 0) is 18.8 Å². The van der Waals surface area contributed by atoms with Crippen LogP contribution < -0.4 is 10.9 Å². The lowest BCUT2D eigenvalue weighted by Gasteiger charge is -2.30. The molecule has 0 fully saturated rings. The maximum Gasteiger partial charge on any atom is 0.392 e. The SMILES string of the molecule is Cn1cnc2c(C(=O)NC[C@@H]3CC=CC[C@H]3C(F)(F)F)n[nH]c2c1=O. The van der Waals surface area contributed by atoms with Crippen LogP contribution in [0.2, 0.25) is 0 Å². The van der Waals surface area contributed by atoms with Gasteiger partial charge in [-0.25, -0.2) is 4.98 Å². The van der Waals surface area contributed by atoms with Crippen molar-refractivity contribution in [1.29, 1.82) is 0 Å². The number of H-pyrrole nitrogens is 1. The Balaban J connectivity index is 1.76. The van der Waals surface area contributed by atoms with Crippen molar-refractivity contribution in [2.24, 2.45) is 18.9 Å². The molecule has 0 bridgehead atoms. The number of hydrogen-bond acceptors (Lipinski definition) is 4. The summed E-state index contributed by atoms with van der Waals surface area (Å²) < 4.78 is 40.4. The molecule has 2 heterocycles. The first-order chi connectivity index (χ1) is 11.8. The van der Waals surface area contributed by atoms with Crippen molar-refractivity contribution in [1.82, 2.24) is 25.1 Å². The van der Waals surface area contributed by atoms with Crippen LogP contribution in [0.1, 0.15) is 23.3 Å². The van der Waals surface area contributed by atoms with Crippen molar-refractivity contribution in [3.8, 4) is 0 Å². The van der Waals surface area contributed by atoms with Crippen molar-refractivity contribution in [3.05, 3.63) is 34.5 Å². The second-order valence-electron chi connectivity index (χ2n) is 6.02. The number of allylic oxidation sites excluding steroid dienone is 2. The van der Waals surface area contributed by atoms with Gasteiger partial charge >= 0.3 is 6.18 Å². The van der Waals surface area contributed by atoms with Crippen molar-refractivity contribution < 1.29 is 18.0 Å². The number of nitrogens with one attached hydrogen (secondary N) is 2. The molecule has 3 rings (SSSR count). The summed E-state index contributed by atoms with van der Waals surface area (Å²) in [5.74, 6) is -2.89. The van der Waals surface area contributed by atoms with Crippen LogP contribution in [0.15, 0.2) is 23.3 Å². The molecular weight excluding hydrogens is 339 g/mol. The van der Waals surface area contributed by atoms with Crippen LogP contribution in [0.5, 0.6) is 0 Å². The number of halogens is 3. The zero-order valence-corrected chi connectivity index (χ0v) is 13.3. The molecule has 1 amide bonds. The molecule has 0 aromatic carbocycles. The van der Waals surface area contributed by atoms with Crippen LogP contribution in [0.25, 0.3) is 11.0 Å². The van der Waals surface area contributed by atoms with E-state index < -0.39 is 29.5 Å². The van der Waals surface area contributed by atoms with Gasteiger partial charge in [-0.2, -0.15) is 18.3 Å². The summed E-state index contributed by atoms with van der Waals surface area (Å²) in [6, 6.07) is 0. The van der Waals surface area contributed by atoms with Gasteiger partial charge in [0.2, 0.25) is 0 Å². The van der Waals surface area contributed by atoms with Crippen LogP contribution in [-0.2, 0) is 7.05 Å². The zero-order chi connectivity index (χ0) is 18.2. The summed E-state index contributed by atoms with van der Waals surface area (Å²) in [4.78, 5) is 28.2. The number of nitrogens with zero attached hydrogens (tertiary/aromatic N) is 3. The Morgan fingerprint density at radius 3 is 2.84 bits per heavy atom. The number of hydrogen-bond donors (Lipinski definition) is 2. The molecule has 0 radical (unpaired) electrons. The molecule has 2 atom stereocenters. The normalized spacial score (nSPS) is 20.8. The number of aromatic nitrogens is 4. The van der Waals surface area contributed by atoms with Crippen molar-refractivity contribution in [2.45, 2.75) is 19.0 Å². The van der Waals surface area contributed by atoms with E-state index in [0.717, 1.165) is 0 Å². The van der Waals surface area contributed by atoms with E-state index in [2.05, 4.69) is 20.5 Å². The van der Waals surface area contributed by atoms with E-state index in [9.17, 15) is 22.8 Å². The third-order valence-corrected chi connectivity index (χ3v) is 4.36. The van der Waals surface area contributed by atoms with E-state index in [1.54, 1.807) is 6.08 Å². The average molecular weight is 355 g/mol. The van der Waals surface area contributed by atoms with Gasteiger partial charge in [0.05, 0.1) is 12.2 Å². The van der Waals surface area contributed by atoms with E-state index in [1.165, 1.54) is 24.0 Å². The molecule has 2 N–H and O–H groups in total. The Labute approximate surface area is 139 Å². The number of rotatable bonds is 3. The van der Waals surface area contributed by atoms with Gasteiger partial charge in [0.25, 0.3) is 11.5 Å². The topological polar surface area (TPSA) is 92.7 Å². The molecule has 7 nitrogen and oxygen atoms in total. The number of alkyl halides is 3. The Morgan fingerprint density at radius 1 is 1.40 bits per heavy atom. The van der Waals surface area contributed by atoms with Crippen molar-refractivity contribution >= 4 is 16.9 Å². The number of aromatic amines is 1. The summed E-state index contributed by atoms with van der Waals surface area (Å²) in [7, 11) is 1.50. The van der Waals surface area contributed by atoms with Gasteiger partial charge in [-0.15, -0.1) is 0 Å². The third kappa shape index (κ3) is 3.28. The molecule has 1 aliphatic rings. The fourth-order valence-corrected chi connectivity index (χ4v) is 2.95. The average Bonchev–Trinajstić information content (AvgIpc) is 3.00. The first-order valence-electron chi connectivity index (χ1n) is 7.68. The zero-order valence-electron chi connectivity index (χ0n) is 13.3. The second-order valence-corrected chi connectivity index (χ2v) is 6.02. The highest BCUT2D eigenvalue weighted by atomic mass is 19.4. The summed E-state index contributed by atoms with van der Waals surface area (Å²) in [5.41, 5.74) is -0.339. The smallest absolute Gasteiger partial charge is 0.350 e. The van der Waals surface area contributed by atoms with E-state index >= 15 is 0 Å². The number of carbonyl (C=O) groups excluding carboxylic acids is 1. The lowest BCUT2D eigenvalue weighted by atomic mass is 9.82. The maximum atomic E-state index is 13.1. The minimum absolute atomic E-state index is 0.0731. The van der Waals surface area contributed by atoms with E-state index in [0.29, 0.717) is 0 Å². The summed E-state index contributed by atoms with van der Waals surface area (Å²) >= 11 is 0. The highest BCUT2D eigenvalue weighted by molar-refractivity contribution is 6.02. The van der Waals surface area contributed by atoms with Crippen LogP contribution in [0.3, 0.4) is 0 Å². The van der Waals surface area contributed by atoms with Crippen LogP contribution in [0, 0.1) is 11.8 Å². The molecule has 10 heteroatoms. The lowest BCUT2D eigenvalue weighted by molar-refractivity contribution is -0.188. The highest BCUT2D eigenvalue weighted by Crippen LogP contribution is 2.38. The molecule has 1 aliphatic carbocycles. The molecule has 134 valence electrons.